The predicted molar refractivity (Wildman–Crippen MR) is 67.1 cm³/mol. The number of sulfonamides is 1. The van der Waals surface area contributed by atoms with Gasteiger partial charge >= 0.3 is 5.82 Å². The van der Waals surface area contributed by atoms with Crippen molar-refractivity contribution in [3.05, 3.63) is 28.4 Å². The van der Waals surface area contributed by atoms with Crippen LogP contribution in [0.3, 0.4) is 0 Å². The highest BCUT2D eigenvalue weighted by atomic mass is 32.2. The van der Waals surface area contributed by atoms with Crippen molar-refractivity contribution >= 4 is 15.8 Å². The van der Waals surface area contributed by atoms with Crippen LogP contribution in [0.15, 0.2) is 23.2 Å². The lowest BCUT2D eigenvalue weighted by Gasteiger charge is -2.23. The molecule has 2 N–H and O–H groups in total. The topological polar surface area (TPSA) is 114 Å². The summed E-state index contributed by atoms with van der Waals surface area (Å²) >= 11 is 0. The summed E-state index contributed by atoms with van der Waals surface area (Å²) < 4.78 is 26.8. The maximum absolute atomic E-state index is 12.1. The first kappa shape index (κ1) is 13.8. The molecule has 1 fully saturated rings. The van der Waals surface area contributed by atoms with Gasteiger partial charge in [0.05, 0.1) is 0 Å². The second kappa shape index (κ2) is 4.83. The second-order valence-electron chi connectivity index (χ2n) is 4.70. The Morgan fingerprint density at radius 1 is 1.53 bits per heavy atom. The molecule has 104 valence electrons. The molecular formula is C10H14N4O4S. The van der Waals surface area contributed by atoms with Crippen molar-refractivity contribution in [2.45, 2.75) is 23.8 Å². The van der Waals surface area contributed by atoms with E-state index >= 15 is 0 Å². The molecular weight excluding hydrogens is 272 g/mol. The third kappa shape index (κ3) is 3.06. The van der Waals surface area contributed by atoms with Crippen LogP contribution >= 0.6 is 0 Å². The minimum absolute atomic E-state index is 0.0776. The van der Waals surface area contributed by atoms with E-state index in [-0.39, 0.29) is 10.7 Å². The standard InChI is InChI=1S/C10H14N4O4S/c1-10(4-5-11-7-10)13-19(17,18)8-2-3-9(12-6-8)14(15)16/h2-3,6,11,13H,4-5,7H2,1H3. The van der Waals surface area contributed by atoms with Gasteiger partial charge in [-0.25, -0.2) is 13.1 Å². The average molecular weight is 286 g/mol. The fourth-order valence-corrected chi connectivity index (χ4v) is 3.31. The lowest BCUT2D eigenvalue weighted by molar-refractivity contribution is -0.389. The van der Waals surface area contributed by atoms with E-state index in [4.69, 9.17) is 0 Å². The molecule has 8 nitrogen and oxygen atoms in total. The minimum Gasteiger partial charge on any atom is -0.358 e. The SMILES string of the molecule is CC1(NS(=O)(=O)c2ccc([N+](=O)[O-])nc2)CCNC1. The summed E-state index contributed by atoms with van der Waals surface area (Å²) in [5.74, 6) is -0.382. The number of nitrogens with zero attached hydrogens (tertiary/aromatic N) is 2. The number of pyridine rings is 1. The van der Waals surface area contributed by atoms with Crippen molar-refractivity contribution in [1.29, 1.82) is 0 Å². The normalized spacial score (nSPS) is 23.4. The van der Waals surface area contributed by atoms with Gasteiger partial charge in [0, 0.05) is 18.2 Å². The number of nitro groups is 1. The Labute approximate surface area is 110 Å². The van der Waals surface area contributed by atoms with Gasteiger partial charge in [-0.2, -0.15) is 0 Å². The van der Waals surface area contributed by atoms with Crippen molar-refractivity contribution in [3.63, 3.8) is 0 Å². The second-order valence-corrected chi connectivity index (χ2v) is 6.38. The minimum atomic E-state index is -3.72. The van der Waals surface area contributed by atoms with E-state index in [0.717, 1.165) is 18.8 Å². The van der Waals surface area contributed by atoms with Gasteiger partial charge in [-0.05, 0) is 35.9 Å². The summed E-state index contributed by atoms with van der Waals surface area (Å²) in [4.78, 5) is 13.2. The van der Waals surface area contributed by atoms with E-state index in [9.17, 15) is 18.5 Å². The molecule has 0 saturated carbocycles. The van der Waals surface area contributed by atoms with Crippen LogP contribution in [0.5, 0.6) is 0 Å². The quantitative estimate of drug-likeness (QED) is 0.595. The Morgan fingerprint density at radius 3 is 2.74 bits per heavy atom. The fourth-order valence-electron chi connectivity index (χ4n) is 1.93. The number of hydrogen-bond donors (Lipinski definition) is 2. The fraction of sp³-hybridized carbons (Fsp3) is 0.500. The molecule has 0 spiro atoms. The third-order valence-corrected chi connectivity index (χ3v) is 4.59. The van der Waals surface area contributed by atoms with E-state index in [1.54, 1.807) is 0 Å². The van der Waals surface area contributed by atoms with Gasteiger partial charge in [-0.1, -0.05) is 0 Å². The van der Waals surface area contributed by atoms with Gasteiger partial charge < -0.3 is 15.4 Å². The van der Waals surface area contributed by atoms with E-state index in [1.807, 2.05) is 6.92 Å². The van der Waals surface area contributed by atoms with E-state index < -0.39 is 20.5 Å². The lowest BCUT2D eigenvalue weighted by Crippen LogP contribution is -2.47. The van der Waals surface area contributed by atoms with Gasteiger partial charge in [-0.3, -0.25) is 0 Å². The summed E-state index contributed by atoms with van der Waals surface area (Å²) in [6.07, 6.45) is 1.68. The zero-order valence-electron chi connectivity index (χ0n) is 10.3. The molecule has 2 rings (SSSR count). The van der Waals surface area contributed by atoms with Crippen molar-refractivity contribution in [2.24, 2.45) is 0 Å². The van der Waals surface area contributed by atoms with Crippen molar-refractivity contribution in [1.82, 2.24) is 15.0 Å². The van der Waals surface area contributed by atoms with Crippen LogP contribution in [0.25, 0.3) is 0 Å². The van der Waals surface area contributed by atoms with Crippen LogP contribution < -0.4 is 10.0 Å². The van der Waals surface area contributed by atoms with Crippen molar-refractivity contribution in [3.8, 4) is 0 Å². The van der Waals surface area contributed by atoms with Crippen molar-refractivity contribution < 1.29 is 13.3 Å². The number of nitrogens with one attached hydrogen (secondary N) is 2. The third-order valence-electron chi connectivity index (χ3n) is 2.97. The Morgan fingerprint density at radius 2 is 2.26 bits per heavy atom. The summed E-state index contributed by atoms with van der Waals surface area (Å²) in [5.41, 5.74) is -0.541. The maximum atomic E-state index is 12.1. The van der Waals surface area contributed by atoms with Gasteiger partial charge in [0.15, 0.2) is 6.20 Å². The first-order valence-corrected chi connectivity index (χ1v) is 7.16. The average Bonchev–Trinajstić information content (AvgIpc) is 2.75. The largest absolute Gasteiger partial charge is 0.363 e. The molecule has 1 aromatic rings. The van der Waals surface area contributed by atoms with E-state index in [1.165, 1.54) is 6.07 Å². The van der Waals surface area contributed by atoms with E-state index in [2.05, 4.69) is 15.0 Å². The molecule has 1 unspecified atom stereocenters. The van der Waals surface area contributed by atoms with Crippen LogP contribution in [0, 0.1) is 10.1 Å². The summed E-state index contributed by atoms with van der Waals surface area (Å²) in [6, 6.07) is 2.25. The zero-order chi connectivity index (χ0) is 14.1. The number of rotatable bonds is 4. The molecule has 1 aromatic heterocycles. The van der Waals surface area contributed by atoms with Crippen molar-refractivity contribution in [2.75, 3.05) is 13.1 Å². The van der Waals surface area contributed by atoms with E-state index in [0.29, 0.717) is 13.0 Å². The predicted octanol–water partition coefficient (Wildman–Crippen LogP) is 0.0201. The van der Waals surface area contributed by atoms with Gasteiger partial charge in [0.25, 0.3) is 0 Å². The molecule has 19 heavy (non-hydrogen) atoms. The molecule has 9 heteroatoms. The van der Waals surface area contributed by atoms with Crippen LogP contribution in [0.1, 0.15) is 13.3 Å². The first-order chi connectivity index (χ1) is 8.82. The summed E-state index contributed by atoms with van der Waals surface area (Å²) in [7, 11) is -3.72. The first-order valence-electron chi connectivity index (χ1n) is 5.68. The molecule has 0 amide bonds. The van der Waals surface area contributed by atoms with Gasteiger partial charge in [0.2, 0.25) is 10.0 Å². The smallest absolute Gasteiger partial charge is 0.358 e. The molecule has 0 radical (unpaired) electrons. The highest BCUT2D eigenvalue weighted by Crippen LogP contribution is 2.19. The molecule has 0 aliphatic carbocycles. The summed E-state index contributed by atoms with van der Waals surface area (Å²) in [5, 5.41) is 13.5. The molecule has 1 aliphatic heterocycles. The highest BCUT2D eigenvalue weighted by Gasteiger charge is 2.34. The molecule has 0 bridgehead atoms. The summed E-state index contributed by atoms with van der Waals surface area (Å²) in [6.45, 7) is 3.10. The lowest BCUT2D eigenvalue weighted by atomic mass is 10.0. The highest BCUT2D eigenvalue weighted by molar-refractivity contribution is 7.89. The maximum Gasteiger partial charge on any atom is 0.363 e. The number of aromatic nitrogens is 1. The molecule has 1 atom stereocenters. The van der Waals surface area contributed by atoms with Crippen LogP contribution in [-0.4, -0.2) is 37.0 Å². The van der Waals surface area contributed by atoms with Crippen LogP contribution in [-0.2, 0) is 10.0 Å². The molecule has 1 saturated heterocycles. The van der Waals surface area contributed by atoms with Crippen LogP contribution in [0.2, 0.25) is 0 Å². The molecule has 1 aliphatic rings. The molecule has 0 aromatic carbocycles. The molecule has 2 heterocycles. The van der Waals surface area contributed by atoms with Crippen LogP contribution in [0.4, 0.5) is 5.82 Å². The van der Waals surface area contributed by atoms with Gasteiger partial charge in [0.1, 0.15) is 4.90 Å². The Bertz CT molecular complexity index is 578. The Hall–Kier alpha value is -1.58. The monoisotopic (exact) mass is 286 g/mol. The number of hydrogen-bond acceptors (Lipinski definition) is 6. The Kier molecular flexibility index (Phi) is 3.52. The Balaban J connectivity index is 2.22. The zero-order valence-corrected chi connectivity index (χ0v) is 11.1. The van der Waals surface area contributed by atoms with Gasteiger partial charge in [-0.15, -0.1) is 0 Å².